The lowest BCUT2D eigenvalue weighted by molar-refractivity contribution is 0.279. The van der Waals surface area contributed by atoms with E-state index in [9.17, 15) is 0 Å². The molecule has 0 aromatic heterocycles. The van der Waals surface area contributed by atoms with Crippen molar-refractivity contribution in [3.05, 3.63) is 120 Å². The van der Waals surface area contributed by atoms with Gasteiger partial charge in [0.15, 0.2) is 0 Å². The average Bonchev–Trinajstić information content (AvgIpc) is 3.69. The summed E-state index contributed by atoms with van der Waals surface area (Å²) in [7, 11) is 3.41. The fourth-order valence-corrected chi connectivity index (χ4v) is 7.15. The van der Waals surface area contributed by atoms with Gasteiger partial charge in [0.2, 0.25) is 11.8 Å². The van der Waals surface area contributed by atoms with Crippen molar-refractivity contribution < 1.29 is 18.9 Å². The van der Waals surface area contributed by atoms with Crippen LogP contribution in [0.15, 0.2) is 119 Å². The lowest BCUT2D eigenvalue weighted by Crippen LogP contribution is -2.17. The van der Waals surface area contributed by atoms with Gasteiger partial charge in [-0.05, 0) is 108 Å². The zero-order chi connectivity index (χ0) is 34.6. The summed E-state index contributed by atoms with van der Waals surface area (Å²) in [4.78, 5) is 10.3. The summed E-state index contributed by atoms with van der Waals surface area (Å²) in [6.07, 6.45) is 0. The molecule has 0 N–H and O–H groups in total. The number of benzene rings is 6. The van der Waals surface area contributed by atoms with Gasteiger partial charge in [-0.3, -0.25) is 0 Å². The second kappa shape index (κ2) is 12.1. The maximum absolute atomic E-state index is 6.44. The molecule has 2 aliphatic heterocycles. The zero-order valence-electron chi connectivity index (χ0n) is 29.3. The number of rotatable bonds is 7. The van der Waals surface area contributed by atoms with E-state index < -0.39 is 0 Å². The van der Waals surface area contributed by atoms with E-state index in [2.05, 4.69) is 113 Å². The molecule has 0 saturated carbocycles. The molecule has 50 heavy (non-hydrogen) atoms. The number of fused-ring (bicyclic) bond motifs is 2. The first-order chi connectivity index (χ1) is 24.1. The second-order valence-electron chi connectivity index (χ2n) is 14.3. The Morgan fingerprint density at radius 2 is 0.920 bits per heavy atom. The van der Waals surface area contributed by atoms with Gasteiger partial charge in [0.1, 0.15) is 24.7 Å². The standard InChI is InChI=1S/C44H40N2O4/c1-43(2)25-49-41(45-43)35-23-27-13-7-9-19-33(27)39(37(35)29-15-11-17-31(21-29)47-5)40-34-20-10-8-14-28(34)24-36(42-46-44(3,4)26-50-42)38(40)30-16-12-18-32(22-30)48-6/h7-24H,25-26H2,1-6H3. The normalized spacial score (nSPS) is 16.1. The SMILES string of the molecule is COc1cccc(-c2c(C3=NC(C)(C)CO3)cc3ccccc3c2-c2c(-c3cccc(OC)c3)c(C3=NC(C)(C)CO3)cc3ccccc23)c1. The van der Waals surface area contributed by atoms with Crippen LogP contribution in [0, 0.1) is 0 Å². The van der Waals surface area contributed by atoms with E-state index in [1.54, 1.807) is 14.2 Å². The lowest BCUT2D eigenvalue weighted by atomic mass is 9.79. The Hall–Kier alpha value is -5.62. The quantitative estimate of drug-likeness (QED) is 0.171. The Morgan fingerprint density at radius 3 is 1.30 bits per heavy atom. The van der Waals surface area contributed by atoms with Gasteiger partial charge >= 0.3 is 0 Å². The van der Waals surface area contributed by atoms with Gasteiger partial charge in [-0.25, -0.2) is 9.98 Å². The third-order valence-electron chi connectivity index (χ3n) is 9.46. The highest BCUT2D eigenvalue weighted by Gasteiger charge is 2.34. The third-order valence-corrected chi connectivity index (χ3v) is 9.46. The molecule has 0 bridgehead atoms. The van der Waals surface area contributed by atoms with Gasteiger partial charge in [0, 0.05) is 22.3 Å². The predicted molar refractivity (Wildman–Crippen MR) is 204 cm³/mol. The van der Waals surface area contributed by atoms with E-state index in [0.29, 0.717) is 25.0 Å². The number of hydrogen-bond acceptors (Lipinski definition) is 6. The smallest absolute Gasteiger partial charge is 0.217 e. The van der Waals surface area contributed by atoms with Crippen molar-refractivity contribution in [1.82, 2.24) is 0 Å². The molecule has 6 aromatic rings. The van der Waals surface area contributed by atoms with E-state index in [0.717, 1.165) is 77.6 Å². The van der Waals surface area contributed by atoms with Crippen molar-refractivity contribution in [3.63, 3.8) is 0 Å². The summed E-state index contributed by atoms with van der Waals surface area (Å²) < 4.78 is 24.5. The summed E-state index contributed by atoms with van der Waals surface area (Å²) in [6.45, 7) is 9.43. The van der Waals surface area contributed by atoms with Crippen LogP contribution in [-0.4, -0.2) is 50.3 Å². The van der Waals surface area contributed by atoms with Crippen molar-refractivity contribution >= 4 is 33.3 Å². The van der Waals surface area contributed by atoms with E-state index in [4.69, 9.17) is 28.9 Å². The largest absolute Gasteiger partial charge is 0.497 e. The summed E-state index contributed by atoms with van der Waals surface area (Å²) in [5.74, 6) is 2.80. The lowest BCUT2D eigenvalue weighted by Gasteiger charge is -2.24. The minimum Gasteiger partial charge on any atom is -0.497 e. The maximum Gasteiger partial charge on any atom is 0.217 e. The molecule has 0 unspecified atom stereocenters. The third kappa shape index (κ3) is 5.55. The topological polar surface area (TPSA) is 61.6 Å². The molecule has 250 valence electrons. The maximum atomic E-state index is 6.44. The first-order valence-corrected chi connectivity index (χ1v) is 17.0. The van der Waals surface area contributed by atoms with Gasteiger partial charge < -0.3 is 18.9 Å². The number of hydrogen-bond donors (Lipinski definition) is 0. The van der Waals surface area contributed by atoms with Gasteiger partial charge in [0.05, 0.1) is 25.3 Å². The monoisotopic (exact) mass is 660 g/mol. The van der Waals surface area contributed by atoms with Crippen LogP contribution in [0.3, 0.4) is 0 Å². The number of methoxy groups -OCH3 is 2. The Morgan fingerprint density at radius 1 is 0.500 bits per heavy atom. The molecule has 6 nitrogen and oxygen atoms in total. The van der Waals surface area contributed by atoms with E-state index in [1.807, 2.05) is 24.3 Å². The number of nitrogens with zero attached hydrogens (tertiary/aromatic N) is 2. The number of aliphatic imine (C=N–C) groups is 2. The summed E-state index contributed by atoms with van der Waals surface area (Å²) in [5, 5.41) is 4.38. The molecule has 6 heteroatoms. The second-order valence-corrected chi connectivity index (χ2v) is 14.3. The van der Waals surface area contributed by atoms with Crippen LogP contribution in [0.1, 0.15) is 38.8 Å². The van der Waals surface area contributed by atoms with Crippen LogP contribution >= 0.6 is 0 Å². The first kappa shape index (κ1) is 31.6. The van der Waals surface area contributed by atoms with Gasteiger partial charge in [-0.1, -0.05) is 72.8 Å². The minimum absolute atomic E-state index is 0.351. The average molecular weight is 661 g/mol. The zero-order valence-corrected chi connectivity index (χ0v) is 29.3. The highest BCUT2D eigenvalue weighted by molar-refractivity contribution is 6.22. The minimum atomic E-state index is -0.351. The van der Waals surface area contributed by atoms with E-state index in [-0.39, 0.29) is 11.1 Å². The van der Waals surface area contributed by atoms with Crippen molar-refractivity contribution in [2.24, 2.45) is 9.98 Å². The van der Waals surface area contributed by atoms with Crippen LogP contribution in [0.2, 0.25) is 0 Å². The fraction of sp³-hybridized carbons (Fsp3) is 0.227. The van der Waals surface area contributed by atoms with E-state index >= 15 is 0 Å². The van der Waals surface area contributed by atoms with Gasteiger partial charge in [-0.15, -0.1) is 0 Å². The Balaban J connectivity index is 1.62. The molecule has 8 rings (SSSR count). The molecule has 0 spiro atoms. The van der Waals surface area contributed by atoms with Crippen molar-refractivity contribution in [3.8, 4) is 44.9 Å². The molecular weight excluding hydrogens is 620 g/mol. The summed E-state index contributed by atoms with van der Waals surface area (Å²) in [5.41, 5.74) is 7.31. The Bertz CT molecular complexity index is 2200. The highest BCUT2D eigenvalue weighted by atomic mass is 16.5. The summed E-state index contributed by atoms with van der Waals surface area (Å²) >= 11 is 0. The Kier molecular flexibility index (Phi) is 7.63. The predicted octanol–water partition coefficient (Wildman–Crippen LogP) is 10.1. The van der Waals surface area contributed by atoms with Crippen LogP contribution in [0.25, 0.3) is 54.9 Å². The van der Waals surface area contributed by atoms with Crippen LogP contribution in [-0.2, 0) is 9.47 Å². The van der Waals surface area contributed by atoms with Crippen molar-refractivity contribution in [2.45, 2.75) is 38.8 Å². The Labute approximate surface area is 293 Å². The van der Waals surface area contributed by atoms with Crippen LogP contribution in [0.4, 0.5) is 0 Å². The molecular formula is C44H40N2O4. The van der Waals surface area contributed by atoms with Crippen LogP contribution < -0.4 is 9.47 Å². The first-order valence-electron chi connectivity index (χ1n) is 17.0. The fourth-order valence-electron chi connectivity index (χ4n) is 7.15. The van der Waals surface area contributed by atoms with Crippen molar-refractivity contribution in [2.75, 3.05) is 27.4 Å². The van der Waals surface area contributed by atoms with Crippen molar-refractivity contribution in [1.29, 1.82) is 0 Å². The molecule has 6 aromatic carbocycles. The highest BCUT2D eigenvalue weighted by Crippen LogP contribution is 2.50. The molecule has 0 saturated heterocycles. The molecule has 0 atom stereocenters. The van der Waals surface area contributed by atoms with Gasteiger partial charge in [0.25, 0.3) is 0 Å². The van der Waals surface area contributed by atoms with Gasteiger partial charge in [-0.2, -0.15) is 0 Å². The molecule has 2 heterocycles. The molecule has 0 amide bonds. The number of ether oxygens (including phenoxy) is 4. The summed E-state index contributed by atoms with van der Waals surface area (Å²) in [6, 6.07) is 38.1. The molecule has 0 fully saturated rings. The molecule has 0 aliphatic carbocycles. The molecule has 0 radical (unpaired) electrons. The molecule has 2 aliphatic rings. The van der Waals surface area contributed by atoms with E-state index in [1.165, 1.54) is 0 Å². The van der Waals surface area contributed by atoms with Crippen LogP contribution in [0.5, 0.6) is 11.5 Å².